The van der Waals surface area contributed by atoms with E-state index in [1.807, 2.05) is 0 Å². The van der Waals surface area contributed by atoms with Crippen LogP contribution < -0.4 is 15.2 Å². The van der Waals surface area contributed by atoms with Crippen LogP contribution in [-0.2, 0) is 31.0 Å². The van der Waals surface area contributed by atoms with Gasteiger partial charge in [0, 0.05) is 4.47 Å². The minimum Gasteiger partial charge on any atom is -0.484 e. The van der Waals surface area contributed by atoms with Crippen LogP contribution in [-0.4, -0.2) is 32.9 Å². The number of hydrogen-bond acceptors (Lipinski definition) is 6. The normalized spacial score (nSPS) is 12.4. The van der Waals surface area contributed by atoms with E-state index >= 15 is 0 Å². The lowest BCUT2D eigenvalue weighted by Gasteiger charge is -2.21. The van der Waals surface area contributed by atoms with Crippen molar-refractivity contribution in [3.8, 4) is 5.75 Å². The second kappa shape index (κ2) is 10.6. The Morgan fingerprint density at radius 1 is 1.13 bits per heavy atom. The third-order valence-electron chi connectivity index (χ3n) is 3.99. The summed E-state index contributed by atoms with van der Waals surface area (Å²) in [5, 5.41) is 0. The van der Waals surface area contributed by atoms with Crippen LogP contribution in [0.5, 0.6) is 5.75 Å². The number of carbonyl (C=O) groups excluding carboxylic acids is 2. The highest BCUT2D eigenvalue weighted by Gasteiger charge is 2.29. The monoisotopic (exact) mass is 498 g/mol. The van der Waals surface area contributed by atoms with Gasteiger partial charge in [0.05, 0.1) is 4.90 Å². The van der Waals surface area contributed by atoms with Gasteiger partial charge in [0.15, 0.2) is 6.61 Å². The Kier molecular flexibility index (Phi) is 8.39. The van der Waals surface area contributed by atoms with Crippen LogP contribution in [0.1, 0.15) is 19.4 Å². The van der Waals surface area contributed by atoms with Gasteiger partial charge in [-0.2, -0.15) is 4.72 Å². The molecule has 0 unspecified atom stereocenters. The number of sulfonamides is 1. The number of nitrogens with two attached hydrogens (primary N) is 1. The molecule has 0 aliphatic carbocycles. The van der Waals surface area contributed by atoms with E-state index < -0.39 is 27.9 Å². The molecule has 0 bridgehead atoms. The molecule has 1 atom stereocenters. The van der Waals surface area contributed by atoms with Crippen molar-refractivity contribution in [3.63, 3.8) is 0 Å². The molecule has 2 aromatic rings. The molecule has 8 nitrogen and oxygen atoms in total. The van der Waals surface area contributed by atoms with Crippen LogP contribution in [0.25, 0.3) is 0 Å². The fraction of sp³-hybridized carbons (Fsp3) is 0.300. The number of primary amides is 1. The highest BCUT2D eigenvalue weighted by atomic mass is 79.9. The Hall–Kier alpha value is -2.43. The number of nitrogens with one attached hydrogen (secondary N) is 1. The maximum absolute atomic E-state index is 12.6. The van der Waals surface area contributed by atoms with Gasteiger partial charge in [-0.05, 0) is 47.9 Å². The summed E-state index contributed by atoms with van der Waals surface area (Å²) in [4.78, 5) is 23.4. The highest BCUT2D eigenvalue weighted by Crippen LogP contribution is 2.18. The standard InChI is InChI=1S/C20H23BrN2O6S/c1-13(2)19(23-30(26,27)17-8-6-15(21)7-9-17)20(25)29-11-14-4-3-5-16(10-14)28-12-18(22)24/h3-10,13,19,23H,11-12H2,1-2H3,(H2,22,24)/t19-/m0/s1. The zero-order chi connectivity index (χ0) is 22.3. The molecule has 0 heterocycles. The lowest BCUT2D eigenvalue weighted by atomic mass is 10.1. The largest absolute Gasteiger partial charge is 0.484 e. The summed E-state index contributed by atoms with van der Waals surface area (Å²) in [7, 11) is -3.91. The van der Waals surface area contributed by atoms with Crippen LogP contribution >= 0.6 is 15.9 Å². The Morgan fingerprint density at radius 3 is 2.40 bits per heavy atom. The van der Waals surface area contributed by atoms with Crippen molar-refractivity contribution >= 4 is 37.8 Å². The summed E-state index contributed by atoms with van der Waals surface area (Å²) in [5.74, 6) is -1.24. The Balaban J connectivity index is 2.05. The van der Waals surface area contributed by atoms with Crippen molar-refractivity contribution in [2.24, 2.45) is 11.7 Å². The van der Waals surface area contributed by atoms with Gasteiger partial charge in [-0.15, -0.1) is 0 Å². The first-order valence-electron chi connectivity index (χ1n) is 9.03. The smallest absolute Gasteiger partial charge is 0.324 e. The lowest BCUT2D eigenvalue weighted by molar-refractivity contribution is -0.148. The summed E-state index contributed by atoms with van der Waals surface area (Å²) in [6.45, 7) is 3.08. The summed E-state index contributed by atoms with van der Waals surface area (Å²) in [6, 6.07) is 11.6. The SMILES string of the molecule is CC(C)[C@H](NS(=O)(=O)c1ccc(Br)cc1)C(=O)OCc1cccc(OCC(N)=O)c1. The Labute approximate surface area is 183 Å². The quantitative estimate of drug-likeness (QED) is 0.484. The first-order valence-corrected chi connectivity index (χ1v) is 11.3. The number of halogens is 1. The van der Waals surface area contributed by atoms with E-state index in [9.17, 15) is 18.0 Å². The number of ether oxygens (including phenoxy) is 2. The van der Waals surface area contributed by atoms with Crippen molar-refractivity contribution in [1.82, 2.24) is 4.72 Å². The molecule has 0 radical (unpaired) electrons. The van der Waals surface area contributed by atoms with Crippen molar-refractivity contribution < 1.29 is 27.5 Å². The van der Waals surface area contributed by atoms with Crippen LogP contribution in [0.4, 0.5) is 0 Å². The van der Waals surface area contributed by atoms with Gasteiger partial charge < -0.3 is 15.2 Å². The van der Waals surface area contributed by atoms with Crippen LogP contribution in [0.3, 0.4) is 0 Å². The van der Waals surface area contributed by atoms with Crippen molar-refractivity contribution in [2.75, 3.05) is 6.61 Å². The van der Waals surface area contributed by atoms with Crippen molar-refractivity contribution in [3.05, 3.63) is 58.6 Å². The number of amides is 1. The molecule has 0 saturated heterocycles. The van der Waals surface area contributed by atoms with Crippen molar-refractivity contribution in [2.45, 2.75) is 31.4 Å². The fourth-order valence-electron chi connectivity index (χ4n) is 2.43. The van der Waals surface area contributed by atoms with E-state index in [0.717, 1.165) is 4.47 Å². The topological polar surface area (TPSA) is 125 Å². The summed E-state index contributed by atoms with van der Waals surface area (Å²) >= 11 is 3.25. The molecule has 30 heavy (non-hydrogen) atoms. The van der Waals surface area contributed by atoms with Gasteiger partial charge in [0.25, 0.3) is 5.91 Å². The highest BCUT2D eigenvalue weighted by molar-refractivity contribution is 9.10. The lowest BCUT2D eigenvalue weighted by Crippen LogP contribution is -2.45. The molecular formula is C20H23BrN2O6S. The van der Waals surface area contributed by atoms with E-state index in [2.05, 4.69) is 20.7 Å². The number of carbonyl (C=O) groups is 2. The van der Waals surface area contributed by atoms with E-state index in [4.69, 9.17) is 15.2 Å². The third kappa shape index (κ3) is 7.12. The average Bonchev–Trinajstić information content (AvgIpc) is 2.69. The molecule has 2 rings (SSSR count). The molecule has 0 fully saturated rings. The zero-order valence-corrected chi connectivity index (χ0v) is 18.9. The summed E-state index contributed by atoms with van der Waals surface area (Å²) in [5.41, 5.74) is 5.66. The number of hydrogen-bond donors (Lipinski definition) is 2. The van der Waals surface area contributed by atoms with Gasteiger partial charge in [0.2, 0.25) is 10.0 Å². The first kappa shape index (κ1) is 23.8. The average molecular weight is 499 g/mol. The Bertz CT molecular complexity index is 993. The molecule has 0 saturated carbocycles. The predicted octanol–water partition coefficient (Wildman–Crippen LogP) is 2.36. The van der Waals surface area contributed by atoms with Crippen LogP contribution in [0, 0.1) is 5.92 Å². The molecule has 0 aromatic heterocycles. The van der Waals surface area contributed by atoms with Crippen molar-refractivity contribution in [1.29, 1.82) is 0 Å². The van der Waals surface area contributed by atoms with Gasteiger partial charge in [0.1, 0.15) is 18.4 Å². The molecule has 0 spiro atoms. The summed E-state index contributed by atoms with van der Waals surface area (Å²) < 4.78 is 38.9. The van der Waals surface area contributed by atoms with Crippen LogP contribution in [0.15, 0.2) is 57.9 Å². The molecule has 1 amide bonds. The van der Waals surface area contributed by atoms with E-state index in [-0.39, 0.29) is 24.0 Å². The molecule has 2 aromatic carbocycles. The second-order valence-corrected chi connectivity index (χ2v) is 9.44. The maximum atomic E-state index is 12.6. The molecular weight excluding hydrogens is 476 g/mol. The van der Waals surface area contributed by atoms with Gasteiger partial charge >= 0.3 is 5.97 Å². The molecule has 3 N–H and O–H groups in total. The molecule has 162 valence electrons. The van der Waals surface area contributed by atoms with E-state index in [0.29, 0.717) is 11.3 Å². The minimum atomic E-state index is -3.91. The Morgan fingerprint density at radius 2 is 1.80 bits per heavy atom. The minimum absolute atomic E-state index is 0.0449. The first-order chi connectivity index (χ1) is 14.1. The number of rotatable bonds is 10. The fourth-order valence-corrected chi connectivity index (χ4v) is 4.03. The molecule has 0 aliphatic rings. The van der Waals surface area contributed by atoms with Gasteiger partial charge in [-0.3, -0.25) is 9.59 Å². The van der Waals surface area contributed by atoms with E-state index in [1.165, 1.54) is 12.1 Å². The van der Waals surface area contributed by atoms with Gasteiger partial charge in [-0.25, -0.2) is 8.42 Å². The molecule has 10 heteroatoms. The second-order valence-electron chi connectivity index (χ2n) is 6.81. The predicted molar refractivity (Wildman–Crippen MR) is 114 cm³/mol. The number of benzene rings is 2. The molecule has 0 aliphatic heterocycles. The van der Waals surface area contributed by atoms with Gasteiger partial charge in [-0.1, -0.05) is 41.9 Å². The van der Waals surface area contributed by atoms with Crippen LogP contribution in [0.2, 0.25) is 0 Å². The van der Waals surface area contributed by atoms with E-state index in [1.54, 1.807) is 50.2 Å². The number of esters is 1. The summed E-state index contributed by atoms with van der Waals surface area (Å²) in [6.07, 6.45) is 0. The maximum Gasteiger partial charge on any atom is 0.324 e. The zero-order valence-electron chi connectivity index (χ0n) is 16.5. The third-order valence-corrected chi connectivity index (χ3v) is 5.97.